The third-order valence-corrected chi connectivity index (χ3v) is 7.44. The molecule has 0 atom stereocenters. The monoisotopic (exact) mass is 330 g/mol. The number of sulfonamides is 1. The molecule has 0 radical (unpaired) electrons. The Labute approximate surface area is 132 Å². The van der Waals surface area contributed by atoms with E-state index < -0.39 is 10.0 Å². The lowest BCUT2D eigenvalue weighted by atomic mass is 10.2. The molecular weight excluding hydrogens is 304 g/mol. The first-order chi connectivity index (χ1) is 9.95. The summed E-state index contributed by atoms with van der Waals surface area (Å²) in [5, 5.41) is 5.27. The van der Waals surface area contributed by atoms with Crippen molar-refractivity contribution in [2.75, 3.05) is 6.54 Å². The smallest absolute Gasteiger partial charge is 0.252 e. The molecule has 21 heavy (non-hydrogen) atoms. The van der Waals surface area contributed by atoms with Crippen molar-refractivity contribution >= 4 is 21.4 Å². The molecule has 0 bridgehead atoms. The summed E-state index contributed by atoms with van der Waals surface area (Å²) >= 11 is 1.34. The topological polar surface area (TPSA) is 49.4 Å². The Morgan fingerprint density at radius 1 is 1.38 bits per heavy atom. The average molecular weight is 331 g/mol. The Morgan fingerprint density at radius 3 is 2.62 bits per heavy atom. The Bertz CT molecular complexity index is 546. The minimum Gasteiger partial charge on any atom is -0.310 e. The van der Waals surface area contributed by atoms with Crippen molar-refractivity contribution in [2.24, 2.45) is 0 Å². The molecule has 1 aromatic rings. The van der Waals surface area contributed by atoms with Crippen molar-refractivity contribution in [3.05, 3.63) is 17.0 Å². The molecule has 1 aliphatic rings. The molecule has 1 fully saturated rings. The zero-order valence-electron chi connectivity index (χ0n) is 13.1. The highest BCUT2D eigenvalue weighted by molar-refractivity contribution is 7.91. The number of hydrogen-bond donors (Lipinski definition) is 1. The van der Waals surface area contributed by atoms with Crippen molar-refractivity contribution in [1.29, 1.82) is 0 Å². The fourth-order valence-corrected chi connectivity index (χ4v) is 5.87. The van der Waals surface area contributed by atoms with Crippen LogP contribution < -0.4 is 5.32 Å². The molecule has 0 saturated heterocycles. The van der Waals surface area contributed by atoms with Gasteiger partial charge in [0.1, 0.15) is 4.21 Å². The summed E-state index contributed by atoms with van der Waals surface area (Å²) in [5.41, 5.74) is 1.05. The summed E-state index contributed by atoms with van der Waals surface area (Å²) in [5.74, 6) is 0. The quantitative estimate of drug-likeness (QED) is 0.835. The molecule has 2 rings (SSSR count). The van der Waals surface area contributed by atoms with Gasteiger partial charge in [-0.1, -0.05) is 33.6 Å². The molecule has 0 aliphatic heterocycles. The van der Waals surface area contributed by atoms with Crippen molar-refractivity contribution in [1.82, 2.24) is 9.62 Å². The van der Waals surface area contributed by atoms with Gasteiger partial charge in [-0.15, -0.1) is 11.3 Å². The van der Waals surface area contributed by atoms with Gasteiger partial charge in [-0.2, -0.15) is 4.31 Å². The van der Waals surface area contributed by atoms with Gasteiger partial charge >= 0.3 is 0 Å². The van der Waals surface area contributed by atoms with Crippen LogP contribution in [0.2, 0.25) is 0 Å². The first-order valence-electron chi connectivity index (χ1n) is 7.77. The number of thiophene rings is 1. The SMILES string of the molecule is CCN(C1CCCC1)S(=O)(=O)c1cc(CNC(C)C)cs1. The van der Waals surface area contributed by atoms with Gasteiger partial charge in [0.15, 0.2) is 0 Å². The van der Waals surface area contributed by atoms with Crippen LogP contribution in [-0.2, 0) is 16.6 Å². The van der Waals surface area contributed by atoms with Gasteiger partial charge in [-0.3, -0.25) is 0 Å². The van der Waals surface area contributed by atoms with E-state index in [2.05, 4.69) is 19.2 Å². The second-order valence-electron chi connectivity index (χ2n) is 5.96. The molecule has 1 aromatic heterocycles. The van der Waals surface area contributed by atoms with Crippen LogP contribution in [0.5, 0.6) is 0 Å². The highest BCUT2D eigenvalue weighted by atomic mass is 32.2. The summed E-state index contributed by atoms with van der Waals surface area (Å²) < 4.78 is 27.8. The van der Waals surface area contributed by atoms with E-state index in [1.165, 1.54) is 11.3 Å². The number of rotatable bonds is 7. The molecule has 1 aliphatic carbocycles. The highest BCUT2D eigenvalue weighted by Crippen LogP contribution is 2.31. The first-order valence-corrected chi connectivity index (χ1v) is 10.1. The Kier molecular flexibility index (Phi) is 5.82. The van der Waals surface area contributed by atoms with Crippen LogP contribution >= 0.6 is 11.3 Å². The zero-order chi connectivity index (χ0) is 15.5. The molecule has 4 nitrogen and oxygen atoms in total. The van der Waals surface area contributed by atoms with Crippen LogP contribution in [0.4, 0.5) is 0 Å². The molecule has 1 N–H and O–H groups in total. The maximum absolute atomic E-state index is 12.8. The van der Waals surface area contributed by atoms with Gasteiger partial charge in [-0.25, -0.2) is 8.42 Å². The lowest BCUT2D eigenvalue weighted by Gasteiger charge is -2.25. The average Bonchev–Trinajstić information content (AvgIpc) is 3.08. The standard InChI is InChI=1S/C15H26N2O2S2/c1-4-17(14-7-5-6-8-14)21(18,19)15-9-13(11-20-15)10-16-12(2)3/h9,11-12,14,16H,4-8,10H2,1-3H3. The number of hydrogen-bond acceptors (Lipinski definition) is 4. The predicted molar refractivity (Wildman–Crippen MR) is 88.1 cm³/mol. The fourth-order valence-electron chi connectivity index (χ4n) is 2.84. The molecule has 1 heterocycles. The van der Waals surface area contributed by atoms with Crippen LogP contribution in [0.25, 0.3) is 0 Å². The second kappa shape index (κ2) is 7.22. The summed E-state index contributed by atoms with van der Waals surface area (Å²) in [6.07, 6.45) is 4.29. The van der Waals surface area contributed by atoms with E-state index in [-0.39, 0.29) is 6.04 Å². The van der Waals surface area contributed by atoms with Crippen LogP contribution in [0.3, 0.4) is 0 Å². The van der Waals surface area contributed by atoms with Crippen molar-refractivity contribution < 1.29 is 8.42 Å². The Morgan fingerprint density at radius 2 is 2.05 bits per heavy atom. The van der Waals surface area contributed by atoms with E-state index in [0.717, 1.165) is 37.8 Å². The molecule has 120 valence electrons. The first kappa shape index (κ1) is 16.9. The Hall–Kier alpha value is -0.430. The van der Waals surface area contributed by atoms with Crippen molar-refractivity contribution in [3.8, 4) is 0 Å². The minimum atomic E-state index is -3.33. The molecule has 0 amide bonds. The van der Waals surface area contributed by atoms with E-state index in [1.807, 2.05) is 18.4 Å². The lowest BCUT2D eigenvalue weighted by molar-refractivity contribution is 0.336. The molecule has 0 spiro atoms. The minimum absolute atomic E-state index is 0.194. The summed E-state index contributed by atoms with van der Waals surface area (Å²) in [6.45, 7) is 7.39. The zero-order valence-corrected chi connectivity index (χ0v) is 14.8. The van der Waals surface area contributed by atoms with E-state index in [0.29, 0.717) is 16.8 Å². The third kappa shape index (κ3) is 4.06. The van der Waals surface area contributed by atoms with Crippen LogP contribution in [0, 0.1) is 0 Å². The van der Waals surface area contributed by atoms with Gasteiger partial charge in [-0.05, 0) is 29.9 Å². The largest absolute Gasteiger partial charge is 0.310 e. The molecule has 6 heteroatoms. The molecule has 0 unspecified atom stereocenters. The lowest BCUT2D eigenvalue weighted by Crippen LogP contribution is -2.38. The summed E-state index contributed by atoms with van der Waals surface area (Å²) in [7, 11) is -3.33. The van der Waals surface area contributed by atoms with Crippen molar-refractivity contribution in [2.45, 2.75) is 69.3 Å². The maximum atomic E-state index is 12.8. The fraction of sp³-hybridized carbons (Fsp3) is 0.733. The Balaban J connectivity index is 2.14. The third-order valence-electron chi connectivity index (χ3n) is 3.95. The van der Waals surface area contributed by atoms with Gasteiger partial charge < -0.3 is 5.32 Å². The summed E-state index contributed by atoms with van der Waals surface area (Å²) in [4.78, 5) is 0. The van der Waals surface area contributed by atoms with E-state index >= 15 is 0 Å². The van der Waals surface area contributed by atoms with E-state index in [1.54, 1.807) is 4.31 Å². The predicted octanol–water partition coefficient (Wildman–Crippen LogP) is 3.20. The van der Waals surface area contributed by atoms with E-state index in [9.17, 15) is 8.42 Å². The van der Waals surface area contributed by atoms with Crippen LogP contribution in [0.1, 0.15) is 52.0 Å². The highest BCUT2D eigenvalue weighted by Gasteiger charge is 2.32. The molecule has 1 saturated carbocycles. The van der Waals surface area contributed by atoms with Crippen molar-refractivity contribution in [3.63, 3.8) is 0 Å². The maximum Gasteiger partial charge on any atom is 0.252 e. The van der Waals surface area contributed by atoms with Gasteiger partial charge in [0.2, 0.25) is 0 Å². The normalized spacial score (nSPS) is 17.2. The number of nitrogens with zero attached hydrogens (tertiary/aromatic N) is 1. The van der Waals surface area contributed by atoms with Gasteiger partial charge in [0.25, 0.3) is 10.0 Å². The summed E-state index contributed by atoms with van der Waals surface area (Å²) in [6, 6.07) is 2.42. The van der Waals surface area contributed by atoms with E-state index in [4.69, 9.17) is 0 Å². The van der Waals surface area contributed by atoms with Crippen LogP contribution in [-0.4, -0.2) is 31.4 Å². The van der Waals surface area contributed by atoms with Gasteiger partial charge in [0, 0.05) is 25.2 Å². The molecular formula is C15H26N2O2S2. The van der Waals surface area contributed by atoms with Crippen LogP contribution in [0.15, 0.2) is 15.7 Å². The molecule has 0 aromatic carbocycles. The second-order valence-corrected chi connectivity index (χ2v) is 8.98. The van der Waals surface area contributed by atoms with Gasteiger partial charge in [0.05, 0.1) is 0 Å². The number of nitrogens with one attached hydrogen (secondary N) is 1.